The van der Waals surface area contributed by atoms with Crippen molar-refractivity contribution in [2.75, 3.05) is 11.9 Å². The molecule has 1 aromatic rings. The van der Waals surface area contributed by atoms with E-state index in [2.05, 4.69) is 20.3 Å². The fourth-order valence-corrected chi connectivity index (χ4v) is 2.39. The molecule has 8 nitrogen and oxygen atoms in total. The monoisotopic (exact) mass is 333 g/mol. The van der Waals surface area contributed by atoms with Crippen molar-refractivity contribution in [3.63, 3.8) is 0 Å². The number of carbonyl (C=O) groups is 1. The van der Waals surface area contributed by atoms with Crippen LogP contribution in [-0.2, 0) is 4.74 Å². The number of hydrogen-bond donors (Lipinski definition) is 2. The largest absolute Gasteiger partial charge is 0.444 e. The Labute approximate surface area is 130 Å². The summed E-state index contributed by atoms with van der Waals surface area (Å²) in [5.41, 5.74) is 7.60. The molecule has 0 aromatic carbocycles. The summed E-state index contributed by atoms with van der Waals surface area (Å²) in [5, 5.41) is 15.2. The zero-order chi connectivity index (χ0) is 16.0. The lowest BCUT2D eigenvalue weighted by Crippen LogP contribution is -2.27. The standard InChI is InChI=1S/C11H16ClN5O3S/c1-11(2,3)20-10(19)16-9-14-5-7(21-9)8(18)6(12)4-15-17-13/h5-6,8,18H,4H2,1-3H3,(H,14,16,19)/t6-,8+/m0/s1. The predicted molar refractivity (Wildman–Crippen MR) is 80.6 cm³/mol. The average Bonchev–Trinajstić information content (AvgIpc) is 2.80. The van der Waals surface area contributed by atoms with Gasteiger partial charge in [-0.1, -0.05) is 16.5 Å². The van der Waals surface area contributed by atoms with Crippen molar-refractivity contribution >= 4 is 34.2 Å². The second-order valence-electron chi connectivity index (χ2n) is 5.07. The fourth-order valence-electron chi connectivity index (χ4n) is 1.26. The van der Waals surface area contributed by atoms with Crippen molar-refractivity contribution in [3.8, 4) is 0 Å². The molecule has 1 aromatic heterocycles. The van der Waals surface area contributed by atoms with E-state index in [4.69, 9.17) is 21.9 Å². The lowest BCUT2D eigenvalue weighted by Gasteiger charge is -2.18. The molecule has 2 N–H and O–H groups in total. The highest BCUT2D eigenvalue weighted by Crippen LogP contribution is 2.29. The summed E-state index contributed by atoms with van der Waals surface area (Å²) < 4.78 is 5.08. The molecule has 0 aliphatic heterocycles. The summed E-state index contributed by atoms with van der Waals surface area (Å²) in [5.74, 6) is 0. The third-order valence-corrected chi connectivity index (χ3v) is 3.44. The van der Waals surface area contributed by atoms with Crippen LogP contribution in [0, 0.1) is 0 Å². The topological polar surface area (TPSA) is 120 Å². The number of halogens is 1. The normalized spacial score (nSPS) is 14.0. The maximum atomic E-state index is 11.6. The number of nitrogens with zero attached hydrogens (tertiary/aromatic N) is 4. The molecule has 0 radical (unpaired) electrons. The number of anilines is 1. The van der Waals surface area contributed by atoms with Gasteiger partial charge in [-0.3, -0.25) is 5.32 Å². The van der Waals surface area contributed by atoms with Crippen LogP contribution in [0.5, 0.6) is 0 Å². The van der Waals surface area contributed by atoms with E-state index in [1.54, 1.807) is 20.8 Å². The lowest BCUT2D eigenvalue weighted by atomic mass is 10.2. The summed E-state index contributed by atoms with van der Waals surface area (Å²) in [6.07, 6.45) is -0.272. The van der Waals surface area contributed by atoms with Gasteiger partial charge in [0.1, 0.15) is 11.7 Å². The minimum Gasteiger partial charge on any atom is -0.444 e. The quantitative estimate of drug-likeness (QED) is 0.371. The van der Waals surface area contributed by atoms with Crippen LogP contribution in [0.25, 0.3) is 10.4 Å². The van der Waals surface area contributed by atoms with Gasteiger partial charge in [0.15, 0.2) is 5.13 Å². The molecule has 10 heteroatoms. The first kappa shape index (κ1) is 17.5. The number of aromatic nitrogens is 1. The minimum absolute atomic E-state index is 0.0497. The third-order valence-electron chi connectivity index (χ3n) is 2.08. The third kappa shape index (κ3) is 6.17. The van der Waals surface area contributed by atoms with Gasteiger partial charge in [0.25, 0.3) is 0 Å². The SMILES string of the molecule is CC(C)(C)OC(=O)Nc1ncc([C@H](O)[C@@H](Cl)CN=[N+]=[N-])s1. The van der Waals surface area contributed by atoms with E-state index in [1.165, 1.54) is 6.20 Å². The molecule has 0 spiro atoms. The van der Waals surface area contributed by atoms with Gasteiger partial charge in [-0.15, -0.1) is 11.6 Å². The van der Waals surface area contributed by atoms with Crippen LogP contribution in [0.4, 0.5) is 9.93 Å². The van der Waals surface area contributed by atoms with Crippen molar-refractivity contribution in [1.29, 1.82) is 0 Å². The van der Waals surface area contributed by atoms with Crippen LogP contribution in [-0.4, -0.2) is 33.7 Å². The van der Waals surface area contributed by atoms with E-state index in [0.717, 1.165) is 11.3 Å². The highest BCUT2D eigenvalue weighted by molar-refractivity contribution is 7.15. The first-order valence-corrected chi connectivity index (χ1v) is 7.27. The van der Waals surface area contributed by atoms with E-state index in [9.17, 15) is 9.90 Å². The lowest BCUT2D eigenvalue weighted by molar-refractivity contribution is 0.0636. The number of aliphatic hydroxyl groups excluding tert-OH is 1. The molecule has 1 amide bonds. The van der Waals surface area contributed by atoms with Crippen molar-refractivity contribution in [3.05, 3.63) is 21.5 Å². The number of hydrogen-bond acceptors (Lipinski definition) is 6. The van der Waals surface area contributed by atoms with Crippen LogP contribution >= 0.6 is 22.9 Å². The van der Waals surface area contributed by atoms with E-state index < -0.39 is 23.2 Å². The van der Waals surface area contributed by atoms with E-state index >= 15 is 0 Å². The summed E-state index contributed by atoms with van der Waals surface area (Å²) in [7, 11) is 0. The predicted octanol–water partition coefficient (Wildman–Crippen LogP) is 3.44. The maximum absolute atomic E-state index is 11.6. The number of nitrogens with one attached hydrogen (secondary N) is 1. The number of amides is 1. The average molecular weight is 334 g/mol. The molecule has 116 valence electrons. The first-order valence-electron chi connectivity index (χ1n) is 6.01. The van der Waals surface area contributed by atoms with Crippen LogP contribution in [0.1, 0.15) is 31.8 Å². The van der Waals surface area contributed by atoms with Gasteiger partial charge < -0.3 is 9.84 Å². The smallest absolute Gasteiger partial charge is 0.413 e. The van der Waals surface area contributed by atoms with Gasteiger partial charge in [0.2, 0.25) is 0 Å². The molecule has 0 saturated heterocycles. The van der Waals surface area contributed by atoms with Gasteiger partial charge in [-0.05, 0) is 26.3 Å². The van der Waals surface area contributed by atoms with E-state index in [0.29, 0.717) is 4.88 Å². The molecule has 21 heavy (non-hydrogen) atoms. The number of azide groups is 1. The number of carbonyl (C=O) groups excluding carboxylic acids is 1. The zero-order valence-electron chi connectivity index (χ0n) is 11.8. The zero-order valence-corrected chi connectivity index (χ0v) is 13.4. The van der Waals surface area contributed by atoms with Crippen LogP contribution < -0.4 is 5.32 Å². The Hall–Kier alpha value is -1.54. The molecule has 1 rings (SSSR count). The summed E-state index contributed by atoms with van der Waals surface area (Å²) in [4.78, 5) is 18.6. The molecule has 0 saturated carbocycles. The molecule has 0 aliphatic carbocycles. The van der Waals surface area contributed by atoms with Crippen molar-refractivity contribution < 1.29 is 14.6 Å². The number of aliphatic hydroxyl groups is 1. The Kier molecular flexibility index (Phi) is 6.22. The fraction of sp³-hybridized carbons (Fsp3) is 0.636. The first-order chi connectivity index (χ1) is 9.73. The number of ether oxygens (including phenoxy) is 1. The van der Waals surface area contributed by atoms with Crippen LogP contribution in [0.3, 0.4) is 0 Å². The number of thiazole rings is 1. The minimum atomic E-state index is -1.04. The van der Waals surface area contributed by atoms with Gasteiger partial charge in [-0.25, -0.2) is 9.78 Å². The van der Waals surface area contributed by atoms with Crippen molar-refractivity contribution in [2.24, 2.45) is 5.11 Å². The van der Waals surface area contributed by atoms with Gasteiger partial charge in [-0.2, -0.15) is 0 Å². The Morgan fingerprint density at radius 1 is 1.71 bits per heavy atom. The van der Waals surface area contributed by atoms with Crippen LogP contribution in [0.2, 0.25) is 0 Å². The number of alkyl halides is 1. The summed E-state index contributed by atoms with van der Waals surface area (Å²) >= 11 is 6.96. The second-order valence-corrected chi connectivity index (χ2v) is 6.69. The molecule has 1 heterocycles. The highest BCUT2D eigenvalue weighted by Gasteiger charge is 2.22. The molecule has 0 unspecified atom stereocenters. The van der Waals surface area contributed by atoms with Gasteiger partial charge in [0, 0.05) is 17.7 Å². The van der Waals surface area contributed by atoms with E-state index in [-0.39, 0.29) is 11.7 Å². The molecule has 0 bridgehead atoms. The Morgan fingerprint density at radius 2 is 2.38 bits per heavy atom. The Morgan fingerprint density at radius 3 is 2.95 bits per heavy atom. The summed E-state index contributed by atoms with van der Waals surface area (Å²) in [6, 6.07) is 0. The van der Waals surface area contributed by atoms with Gasteiger partial charge >= 0.3 is 6.09 Å². The maximum Gasteiger partial charge on any atom is 0.413 e. The molecule has 0 aliphatic rings. The highest BCUT2D eigenvalue weighted by atomic mass is 35.5. The second kappa shape index (κ2) is 7.46. The Bertz CT molecular complexity index is 538. The molecule has 0 fully saturated rings. The van der Waals surface area contributed by atoms with Crippen LogP contribution in [0.15, 0.2) is 11.3 Å². The van der Waals surface area contributed by atoms with Crippen molar-refractivity contribution in [2.45, 2.75) is 37.9 Å². The van der Waals surface area contributed by atoms with E-state index in [1.807, 2.05) is 0 Å². The van der Waals surface area contributed by atoms with Crippen molar-refractivity contribution in [1.82, 2.24) is 4.98 Å². The summed E-state index contributed by atoms with van der Waals surface area (Å²) in [6.45, 7) is 5.19. The Balaban J connectivity index is 2.64. The molecular formula is C11H16ClN5O3S. The molecule has 2 atom stereocenters. The van der Waals surface area contributed by atoms with Gasteiger partial charge in [0.05, 0.1) is 10.3 Å². The molecular weight excluding hydrogens is 318 g/mol. The number of rotatable bonds is 5.